The van der Waals surface area contributed by atoms with Crippen molar-refractivity contribution < 1.29 is 9.59 Å². The lowest BCUT2D eigenvalue weighted by Crippen LogP contribution is -2.34. The van der Waals surface area contributed by atoms with Crippen LogP contribution in [0.4, 0.5) is 11.5 Å². The van der Waals surface area contributed by atoms with E-state index in [2.05, 4.69) is 27.9 Å². The zero-order valence-electron chi connectivity index (χ0n) is 21.2. The molecule has 0 saturated carbocycles. The van der Waals surface area contributed by atoms with E-state index >= 15 is 0 Å². The van der Waals surface area contributed by atoms with Gasteiger partial charge in [-0.15, -0.1) is 0 Å². The van der Waals surface area contributed by atoms with E-state index in [1.54, 1.807) is 13.0 Å². The van der Waals surface area contributed by atoms with Crippen molar-refractivity contribution in [2.24, 2.45) is 13.0 Å². The fourth-order valence-electron chi connectivity index (χ4n) is 5.41. The molecule has 2 aliphatic rings. The maximum atomic E-state index is 13.0. The lowest BCUT2D eigenvalue weighted by molar-refractivity contribution is -0.134. The van der Waals surface area contributed by atoms with Crippen molar-refractivity contribution >= 4 is 51.5 Å². The van der Waals surface area contributed by atoms with Crippen LogP contribution in [0.1, 0.15) is 44.6 Å². The third-order valence-electron chi connectivity index (χ3n) is 7.37. The Balaban J connectivity index is 1.56. The Morgan fingerprint density at radius 2 is 1.97 bits per heavy atom. The summed E-state index contributed by atoms with van der Waals surface area (Å²) >= 11 is 6.79. The van der Waals surface area contributed by atoms with Crippen molar-refractivity contribution in [1.82, 2.24) is 19.4 Å². The Kier molecular flexibility index (Phi) is 6.77. The molecular formula is C28H31ClN6O2. The van der Waals surface area contributed by atoms with Crippen LogP contribution in [-0.4, -0.2) is 44.3 Å². The van der Waals surface area contributed by atoms with Crippen LogP contribution in [-0.2, 0) is 16.6 Å². The highest BCUT2D eigenvalue weighted by molar-refractivity contribution is 6.34. The molecule has 0 unspecified atom stereocenters. The van der Waals surface area contributed by atoms with E-state index in [4.69, 9.17) is 17.3 Å². The molecule has 192 valence electrons. The van der Waals surface area contributed by atoms with Gasteiger partial charge in [0.15, 0.2) is 0 Å². The predicted octanol–water partition coefficient (Wildman–Crippen LogP) is 5.19. The van der Waals surface area contributed by atoms with Crippen molar-refractivity contribution in [2.75, 3.05) is 24.1 Å². The molecule has 3 N–H and O–H groups in total. The molecule has 1 saturated heterocycles. The first-order valence-electron chi connectivity index (χ1n) is 12.6. The van der Waals surface area contributed by atoms with Gasteiger partial charge in [-0.25, -0.2) is 9.97 Å². The number of hydrogen-bond donors (Lipinski definition) is 2. The van der Waals surface area contributed by atoms with Gasteiger partial charge in [0.25, 0.3) is 5.91 Å². The largest absolute Gasteiger partial charge is 0.383 e. The zero-order chi connectivity index (χ0) is 26.3. The van der Waals surface area contributed by atoms with E-state index in [-0.39, 0.29) is 17.7 Å². The fourth-order valence-corrected chi connectivity index (χ4v) is 5.68. The van der Waals surface area contributed by atoms with Crippen LogP contribution in [0.3, 0.4) is 0 Å². The van der Waals surface area contributed by atoms with Crippen LogP contribution in [0, 0.1) is 5.92 Å². The number of amides is 2. The molecule has 1 fully saturated rings. The number of carbonyl (C=O) groups is 2. The topological polar surface area (TPSA) is 106 Å². The minimum atomic E-state index is -0.262. The number of fused-ring (bicyclic) bond motifs is 1. The second-order valence-corrected chi connectivity index (χ2v) is 10.3. The normalized spacial score (nSPS) is 17.6. The highest BCUT2D eigenvalue weighted by atomic mass is 35.5. The summed E-state index contributed by atoms with van der Waals surface area (Å²) < 4.78 is 1.98. The molecule has 3 heterocycles. The van der Waals surface area contributed by atoms with Crippen LogP contribution in [0.25, 0.3) is 27.9 Å². The maximum absolute atomic E-state index is 13.0. The van der Waals surface area contributed by atoms with E-state index in [1.807, 2.05) is 28.6 Å². The van der Waals surface area contributed by atoms with Gasteiger partial charge in [0.1, 0.15) is 17.8 Å². The van der Waals surface area contributed by atoms with Crippen LogP contribution < -0.4 is 11.1 Å². The van der Waals surface area contributed by atoms with E-state index in [0.717, 1.165) is 66.6 Å². The number of aromatic nitrogens is 3. The standard InChI is InChI=1S/C28H31ClN6O2/c1-16(2)27(36)33-19-10-11-20(21(29)14-19)24-22(23-25(30)31-15-32-26(23)34(24)3)17-6-8-18(9-7-17)28(37)35-12-4-5-13-35/h6,10-11,14-15,18H,1,4-5,7-9,12-13H2,2-3H3,(H,33,36)(H2,30,31,32)/t18-/m0/s1. The van der Waals surface area contributed by atoms with Crippen molar-refractivity contribution in [3.05, 3.63) is 53.3 Å². The third-order valence-corrected chi connectivity index (χ3v) is 7.68. The van der Waals surface area contributed by atoms with Crippen molar-refractivity contribution in [1.29, 1.82) is 0 Å². The monoisotopic (exact) mass is 518 g/mol. The first-order valence-corrected chi connectivity index (χ1v) is 13.0. The molecule has 9 heteroatoms. The molecule has 1 atom stereocenters. The minimum absolute atomic E-state index is 0.00803. The minimum Gasteiger partial charge on any atom is -0.383 e. The number of nitrogens with two attached hydrogens (primary N) is 1. The average Bonchev–Trinajstić information content (AvgIpc) is 3.52. The number of rotatable bonds is 5. The molecule has 1 aliphatic heterocycles. The van der Waals surface area contributed by atoms with Crippen LogP contribution in [0.15, 0.2) is 42.8 Å². The highest BCUT2D eigenvalue weighted by Gasteiger charge is 2.31. The summed E-state index contributed by atoms with van der Waals surface area (Å²) in [5.41, 5.74) is 11.8. The number of allylic oxidation sites excluding steroid dienone is 2. The molecule has 0 bridgehead atoms. The molecule has 8 nitrogen and oxygen atoms in total. The summed E-state index contributed by atoms with van der Waals surface area (Å²) in [6.45, 7) is 7.07. The average molecular weight is 519 g/mol. The van der Waals surface area contributed by atoms with Crippen molar-refractivity contribution in [2.45, 2.75) is 39.0 Å². The molecule has 3 aromatic rings. The number of nitrogens with zero attached hydrogens (tertiary/aromatic N) is 4. The number of anilines is 2. The van der Waals surface area contributed by atoms with E-state index in [1.165, 1.54) is 6.33 Å². The van der Waals surface area contributed by atoms with Gasteiger partial charge in [0.05, 0.1) is 16.1 Å². The number of hydrogen-bond acceptors (Lipinski definition) is 5. The number of halogens is 1. The first kappa shape index (κ1) is 25.0. The Morgan fingerprint density at radius 1 is 1.22 bits per heavy atom. The summed E-state index contributed by atoms with van der Waals surface area (Å²) in [5.74, 6) is 0.417. The molecule has 2 aromatic heterocycles. The number of nitrogens with one attached hydrogen (secondary N) is 1. The molecule has 1 aliphatic carbocycles. The Hall–Kier alpha value is -3.65. The summed E-state index contributed by atoms with van der Waals surface area (Å²) in [6, 6.07) is 5.44. The van der Waals surface area contributed by atoms with Crippen molar-refractivity contribution in [3.63, 3.8) is 0 Å². The van der Waals surface area contributed by atoms with Gasteiger partial charge in [0, 0.05) is 48.4 Å². The first-order chi connectivity index (χ1) is 17.8. The molecule has 37 heavy (non-hydrogen) atoms. The summed E-state index contributed by atoms with van der Waals surface area (Å²) in [6.07, 6.45) is 8.03. The van der Waals surface area contributed by atoms with Crippen LogP contribution >= 0.6 is 11.6 Å². The second kappa shape index (κ2) is 10.0. The van der Waals surface area contributed by atoms with Gasteiger partial charge in [-0.1, -0.05) is 24.3 Å². The number of likely N-dealkylation sites (tertiary alicyclic amines) is 1. The Morgan fingerprint density at radius 3 is 2.62 bits per heavy atom. The fraction of sp³-hybridized carbons (Fsp3) is 0.357. The number of carbonyl (C=O) groups excluding carboxylic acids is 2. The van der Waals surface area contributed by atoms with Gasteiger partial charge < -0.3 is 20.5 Å². The smallest absolute Gasteiger partial charge is 0.250 e. The van der Waals surface area contributed by atoms with E-state index in [0.29, 0.717) is 34.2 Å². The molecular weight excluding hydrogens is 488 g/mol. The van der Waals surface area contributed by atoms with Gasteiger partial charge >= 0.3 is 0 Å². The van der Waals surface area contributed by atoms with Gasteiger partial charge in [-0.2, -0.15) is 0 Å². The third kappa shape index (κ3) is 4.62. The Labute approximate surface area is 221 Å². The molecule has 2 amide bonds. The summed E-state index contributed by atoms with van der Waals surface area (Å²) in [7, 11) is 1.93. The second-order valence-electron chi connectivity index (χ2n) is 9.90. The SMILES string of the molecule is C=C(C)C(=O)Nc1ccc(-c2c(C3=CC[C@H](C(=O)N4CCCC4)CC3)c3c(N)ncnc3n2C)c(Cl)c1. The van der Waals surface area contributed by atoms with E-state index in [9.17, 15) is 9.59 Å². The molecule has 0 spiro atoms. The maximum Gasteiger partial charge on any atom is 0.250 e. The van der Waals surface area contributed by atoms with Crippen LogP contribution in [0.5, 0.6) is 0 Å². The zero-order valence-corrected chi connectivity index (χ0v) is 21.9. The van der Waals surface area contributed by atoms with E-state index < -0.39 is 0 Å². The van der Waals surface area contributed by atoms with Gasteiger partial charge in [-0.05, 0) is 62.8 Å². The predicted molar refractivity (Wildman–Crippen MR) is 148 cm³/mol. The molecule has 5 rings (SSSR count). The summed E-state index contributed by atoms with van der Waals surface area (Å²) in [5, 5.41) is 4.07. The highest BCUT2D eigenvalue weighted by Crippen LogP contribution is 2.45. The summed E-state index contributed by atoms with van der Waals surface area (Å²) in [4.78, 5) is 35.9. The lowest BCUT2D eigenvalue weighted by Gasteiger charge is -2.26. The van der Waals surface area contributed by atoms with Crippen LogP contribution in [0.2, 0.25) is 5.02 Å². The Bertz CT molecular complexity index is 1450. The lowest BCUT2D eigenvalue weighted by atomic mass is 9.84. The number of benzene rings is 1. The number of nitrogen functional groups attached to an aromatic ring is 1. The van der Waals surface area contributed by atoms with Crippen molar-refractivity contribution in [3.8, 4) is 11.3 Å². The van der Waals surface area contributed by atoms with Gasteiger partial charge in [-0.3, -0.25) is 9.59 Å². The molecule has 0 radical (unpaired) electrons. The number of aryl methyl sites for hydroxylation is 1. The quantitative estimate of drug-likeness (QED) is 0.452. The van der Waals surface area contributed by atoms with Gasteiger partial charge in [0.2, 0.25) is 5.91 Å². The molecule has 1 aromatic carbocycles.